The van der Waals surface area contributed by atoms with E-state index in [0.29, 0.717) is 5.02 Å². The van der Waals surface area contributed by atoms with Gasteiger partial charge in [-0.05, 0) is 23.3 Å². The predicted octanol–water partition coefficient (Wildman–Crippen LogP) is 3.56. The number of hydrogen-bond acceptors (Lipinski definition) is 3. The van der Waals surface area contributed by atoms with Gasteiger partial charge in [-0.3, -0.25) is 9.69 Å². The number of aliphatic carboxylic acids is 1. The van der Waals surface area contributed by atoms with Crippen molar-refractivity contribution < 1.29 is 19.4 Å². The molecule has 6 heteroatoms. The molecule has 120 valence electrons. The zero-order chi connectivity index (χ0) is 16.7. The zero-order valence-electron chi connectivity index (χ0n) is 12.3. The van der Waals surface area contributed by atoms with Crippen LogP contribution in [0, 0.1) is 0 Å². The van der Waals surface area contributed by atoms with Gasteiger partial charge in [0.1, 0.15) is 13.2 Å². The zero-order valence-corrected chi connectivity index (χ0v) is 13.1. The highest BCUT2D eigenvalue weighted by Crippen LogP contribution is 2.12. The minimum Gasteiger partial charge on any atom is -0.480 e. The molecule has 23 heavy (non-hydrogen) atoms. The van der Waals surface area contributed by atoms with Crippen LogP contribution in [-0.2, 0) is 22.7 Å². The van der Waals surface area contributed by atoms with Gasteiger partial charge in [0.05, 0.1) is 0 Å². The molecule has 0 aromatic heterocycles. The third-order valence-corrected chi connectivity index (χ3v) is 3.33. The van der Waals surface area contributed by atoms with Crippen LogP contribution in [0.1, 0.15) is 11.1 Å². The molecule has 0 aliphatic rings. The SMILES string of the molecule is O=C(O)CN(Cc1ccc(Cl)cc1)C(=O)OCc1ccccc1. The Morgan fingerprint density at radius 2 is 1.65 bits per heavy atom. The molecular weight excluding hydrogens is 318 g/mol. The number of carboxylic acid groups (broad SMARTS) is 1. The normalized spacial score (nSPS) is 10.1. The number of rotatable bonds is 6. The number of amides is 1. The van der Waals surface area contributed by atoms with Crippen molar-refractivity contribution in [2.24, 2.45) is 0 Å². The number of ether oxygens (including phenoxy) is 1. The molecule has 0 heterocycles. The molecular formula is C17H16ClNO4. The Hall–Kier alpha value is -2.53. The quantitative estimate of drug-likeness (QED) is 0.877. The smallest absolute Gasteiger partial charge is 0.410 e. The first-order chi connectivity index (χ1) is 11.0. The molecule has 1 amide bonds. The number of nitrogens with zero attached hydrogens (tertiary/aromatic N) is 1. The Labute approximate surface area is 139 Å². The second kappa shape index (κ2) is 8.19. The van der Waals surface area contributed by atoms with E-state index in [1.807, 2.05) is 30.3 Å². The second-order valence-electron chi connectivity index (χ2n) is 4.92. The summed E-state index contributed by atoms with van der Waals surface area (Å²) in [4.78, 5) is 24.2. The number of benzene rings is 2. The van der Waals surface area contributed by atoms with Crippen LogP contribution in [0.3, 0.4) is 0 Å². The molecule has 0 radical (unpaired) electrons. The van der Waals surface area contributed by atoms with Crippen molar-refractivity contribution >= 4 is 23.7 Å². The van der Waals surface area contributed by atoms with Crippen LogP contribution in [-0.4, -0.2) is 28.6 Å². The summed E-state index contributed by atoms with van der Waals surface area (Å²) in [5, 5.41) is 9.54. The van der Waals surface area contributed by atoms with Crippen molar-refractivity contribution in [3.63, 3.8) is 0 Å². The number of halogens is 1. The molecule has 0 atom stereocenters. The van der Waals surface area contributed by atoms with Crippen LogP contribution in [0.4, 0.5) is 4.79 Å². The molecule has 0 spiro atoms. The number of carbonyl (C=O) groups is 2. The standard InChI is InChI=1S/C17H16ClNO4/c18-15-8-6-13(7-9-15)10-19(11-16(20)21)17(22)23-12-14-4-2-1-3-5-14/h1-9H,10-12H2,(H,20,21). The Balaban J connectivity index is 2.00. The number of carbonyl (C=O) groups excluding carboxylic acids is 1. The van der Waals surface area contributed by atoms with E-state index in [-0.39, 0.29) is 13.2 Å². The van der Waals surface area contributed by atoms with E-state index in [1.54, 1.807) is 24.3 Å². The molecule has 1 N–H and O–H groups in total. The highest BCUT2D eigenvalue weighted by molar-refractivity contribution is 6.30. The van der Waals surface area contributed by atoms with E-state index in [1.165, 1.54) is 0 Å². The van der Waals surface area contributed by atoms with Gasteiger partial charge in [0, 0.05) is 11.6 Å². The molecule has 2 aromatic carbocycles. The average molecular weight is 334 g/mol. The summed E-state index contributed by atoms with van der Waals surface area (Å²) >= 11 is 5.81. The number of carboxylic acids is 1. The fourth-order valence-corrected chi connectivity index (χ4v) is 2.10. The summed E-state index contributed by atoms with van der Waals surface area (Å²) < 4.78 is 5.18. The van der Waals surface area contributed by atoms with Crippen LogP contribution in [0.25, 0.3) is 0 Å². The van der Waals surface area contributed by atoms with Gasteiger partial charge in [0.15, 0.2) is 0 Å². The molecule has 0 aliphatic heterocycles. The van der Waals surface area contributed by atoms with Crippen molar-refractivity contribution in [1.29, 1.82) is 0 Å². The van der Waals surface area contributed by atoms with Gasteiger partial charge in [0.25, 0.3) is 0 Å². The third kappa shape index (κ3) is 5.64. The van der Waals surface area contributed by atoms with Gasteiger partial charge in [-0.25, -0.2) is 4.79 Å². The lowest BCUT2D eigenvalue weighted by molar-refractivity contribution is -0.138. The fourth-order valence-electron chi connectivity index (χ4n) is 1.97. The average Bonchev–Trinajstić information content (AvgIpc) is 2.54. The van der Waals surface area contributed by atoms with Gasteiger partial charge in [-0.2, -0.15) is 0 Å². The van der Waals surface area contributed by atoms with Gasteiger partial charge < -0.3 is 9.84 Å². The van der Waals surface area contributed by atoms with Crippen molar-refractivity contribution in [2.45, 2.75) is 13.2 Å². The maximum Gasteiger partial charge on any atom is 0.410 e. The van der Waals surface area contributed by atoms with Crippen LogP contribution < -0.4 is 0 Å². The molecule has 5 nitrogen and oxygen atoms in total. The van der Waals surface area contributed by atoms with E-state index >= 15 is 0 Å². The van der Waals surface area contributed by atoms with Crippen molar-refractivity contribution in [1.82, 2.24) is 4.90 Å². The fraction of sp³-hybridized carbons (Fsp3) is 0.176. The molecule has 0 aliphatic carbocycles. The van der Waals surface area contributed by atoms with Gasteiger partial charge in [-0.15, -0.1) is 0 Å². The van der Waals surface area contributed by atoms with Crippen LogP contribution >= 0.6 is 11.6 Å². The van der Waals surface area contributed by atoms with Gasteiger partial charge >= 0.3 is 12.1 Å². The Morgan fingerprint density at radius 3 is 2.26 bits per heavy atom. The third-order valence-electron chi connectivity index (χ3n) is 3.08. The van der Waals surface area contributed by atoms with E-state index < -0.39 is 18.6 Å². The Bertz CT molecular complexity index is 658. The largest absolute Gasteiger partial charge is 0.480 e. The van der Waals surface area contributed by atoms with Crippen LogP contribution in [0.15, 0.2) is 54.6 Å². The minimum atomic E-state index is -1.10. The summed E-state index contributed by atoms with van der Waals surface area (Å²) in [6.07, 6.45) is -0.675. The molecule has 0 unspecified atom stereocenters. The molecule has 0 bridgehead atoms. The predicted molar refractivity (Wildman–Crippen MR) is 86.1 cm³/mol. The van der Waals surface area contributed by atoms with Crippen LogP contribution in [0.2, 0.25) is 5.02 Å². The van der Waals surface area contributed by atoms with Crippen molar-refractivity contribution in [3.8, 4) is 0 Å². The maximum atomic E-state index is 12.1. The topological polar surface area (TPSA) is 66.8 Å². The Morgan fingerprint density at radius 1 is 1.00 bits per heavy atom. The number of hydrogen-bond donors (Lipinski definition) is 1. The summed E-state index contributed by atoms with van der Waals surface area (Å²) in [6, 6.07) is 16.0. The molecule has 0 saturated heterocycles. The lowest BCUT2D eigenvalue weighted by atomic mass is 10.2. The summed E-state index contributed by atoms with van der Waals surface area (Å²) in [5.41, 5.74) is 1.61. The van der Waals surface area contributed by atoms with Crippen molar-refractivity contribution in [3.05, 3.63) is 70.7 Å². The van der Waals surface area contributed by atoms with Gasteiger partial charge in [0.2, 0.25) is 0 Å². The van der Waals surface area contributed by atoms with Crippen molar-refractivity contribution in [2.75, 3.05) is 6.54 Å². The lowest BCUT2D eigenvalue weighted by Gasteiger charge is -2.20. The highest BCUT2D eigenvalue weighted by atomic mass is 35.5. The summed E-state index contributed by atoms with van der Waals surface area (Å²) in [6.45, 7) is -0.205. The second-order valence-corrected chi connectivity index (χ2v) is 5.35. The summed E-state index contributed by atoms with van der Waals surface area (Å²) in [7, 11) is 0. The van der Waals surface area contributed by atoms with E-state index in [9.17, 15) is 9.59 Å². The molecule has 0 fully saturated rings. The highest BCUT2D eigenvalue weighted by Gasteiger charge is 2.18. The molecule has 0 saturated carbocycles. The first-order valence-electron chi connectivity index (χ1n) is 6.96. The Kier molecular flexibility index (Phi) is 6.00. The monoisotopic (exact) mass is 333 g/mol. The first-order valence-corrected chi connectivity index (χ1v) is 7.34. The van der Waals surface area contributed by atoms with Gasteiger partial charge in [-0.1, -0.05) is 54.1 Å². The first kappa shape index (κ1) is 16.8. The van der Waals surface area contributed by atoms with E-state index in [2.05, 4.69) is 0 Å². The maximum absolute atomic E-state index is 12.1. The summed E-state index contributed by atoms with van der Waals surface area (Å²) in [5.74, 6) is -1.10. The lowest BCUT2D eigenvalue weighted by Crippen LogP contribution is -2.35. The molecule has 2 rings (SSSR count). The minimum absolute atomic E-state index is 0.0937. The molecule has 2 aromatic rings. The van der Waals surface area contributed by atoms with E-state index in [4.69, 9.17) is 21.4 Å². The van der Waals surface area contributed by atoms with E-state index in [0.717, 1.165) is 16.0 Å². The van der Waals surface area contributed by atoms with Crippen LogP contribution in [0.5, 0.6) is 0 Å².